The van der Waals surface area contributed by atoms with Crippen molar-refractivity contribution in [2.24, 2.45) is 0 Å². The molecule has 1 amide bonds. The number of nitrogens with one attached hydrogen (secondary N) is 2. The van der Waals surface area contributed by atoms with Crippen LogP contribution in [-0.2, 0) is 16.0 Å². The van der Waals surface area contributed by atoms with Gasteiger partial charge in [0.25, 0.3) is 5.91 Å². The SMILES string of the molecule is CC(Cc1ccc(F)cc1)NC(=O)C1CNCCO1. The number of rotatable bonds is 4. The summed E-state index contributed by atoms with van der Waals surface area (Å²) < 4.78 is 18.2. The van der Waals surface area contributed by atoms with Crippen molar-refractivity contribution in [2.75, 3.05) is 19.7 Å². The van der Waals surface area contributed by atoms with Gasteiger partial charge in [-0.25, -0.2) is 4.39 Å². The number of carbonyl (C=O) groups excluding carboxylic acids is 1. The molecule has 1 aliphatic heterocycles. The van der Waals surface area contributed by atoms with Crippen molar-refractivity contribution in [1.82, 2.24) is 10.6 Å². The van der Waals surface area contributed by atoms with Gasteiger partial charge >= 0.3 is 0 Å². The first-order valence-electron chi connectivity index (χ1n) is 6.52. The van der Waals surface area contributed by atoms with Gasteiger partial charge in [0, 0.05) is 19.1 Å². The van der Waals surface area contributed by atoms with Crippen LogP contribution in [0.3, 0.4) is 0 Å². The number of morpholine rings is 1. The van der Waals surface area contributed by atoms with E-state index >= 15 is 0 Å². The Labute approximate surface area is 112 Å². The molecule has 0 bridgehead atoms. The Bertz CT molecular complexity index is 416. The molecule has 1 aliphatic rings. The topological polar surface area (TPSA) is 50.4 Å². The average Bonchev–Trinajstić information content (AvgIpc) is 2.42. The molecule has 1 fully saturated rings. The van der Waals surface area contributed by atoms with Crippen LogP contribution < -0.4 is 10.6 Å². The quantitative estimate of drug-likeness (QED) is 0.850. The second-order valence-corrected chi connectivity index (χ2v) is 4.80. The zero-order valence-electron chi connectivity index (χ0n) is 11.0. The van der Waals surface area contributed by atoms with Gasteiger partial charge in [-0.05, 0) is 31.0 Å². The van der Waals surface area contributed by atoms with Crippen molar-refractivity contribution < 1.29 is 13.9 Å². The first-order valence-corrected chi connectivity index (χ1v) is 6.52. The van der Waals surface area contributed by atoms with E-state index in [-0.39, 0.29) is 17.8 Å². The Morgan fingerprint density at radius 2 is 2.26 bits per heavy atom. The molecule has 0 saturated carbocycles. The maximum Gasteiger partial charge on any atom is 0.250 e. The van der Waals surface area contributed by atoms with E-state index in [2.05, 4.69) is 10.6 Å². The molecular formula is C14H19FN2O2. The molecule has 2 N–H and O–H groups in total. The molecule has 2 atom stereocenters. The number of carbonyl (C=O) groups is 1. The van der Waals surface area contributed by atoms with Crippen LogP contribution in [0.2, 0.25) is 0 Å². The predicted octanol–water partition coefficient (Wildman–Crippen LogP) is 0.861. The van der Waals surface area contributed by atoms with Crippen molar-refractivity contribution >= 4 is 5.91 Å². The number of ether oxygens (including phenoxy) is 1. The van der Waals surface area contributed by atoms with Crippen LogP contribution in [0.15, 0.2) is 24.3 Å². The van der Waals surface area contributed by atoms with E-state index in [1.54, 1.807) is 12.1 Å². The minimum absolute atomic E-state index is 0.0107. The molecule has 5 heteroatoms. The lowest BCUT2D eigenvalue weighted by atomic mass is 10.1. The smallest absolute Gasteiger partial charge is 0.250 e. The molecule has 2 unspecified atom stereocenters. The van der Waals surface area contributed by atoms with E-state index in [0.717, 1.165) is 12.1 Å². The summed E-state index contributed by atoms with van der Waals surface area (Å²) in [7, 11) is 0. The highest BCUT2D eigenvalue weighted by atomic mass is 19.1. The van der Waals surface area contributed by atoms with Gasteiger partial charge in [0.15, 0.2) is 0 Å². The second-order valence-electron chi connectivity index (χ2n) is 4.80. The lowest BCUT2D eigenvalue weighted by molar-refractivity contribution is -0.134. The average molecular weight is 266 g/mol. The van der Waals surface area contributed by atoms with E-state index in [1.807, 2.05) is 6.92 Å². The zero-order chi connectivity index (χ0) is 13.7. The van der Waals surface area contributed by atoms with Gasteiger partial charge in [-0.2, -0.15) is 0 Å². The van der Waals surface area contributed by atoms with Gasteiger partial charge in [0.2, 0.25) is 0 Å². The summed E-state index contributed by atoms with van der Waals surface area (Å²) in [6.45, 7) is 3.83. The summed E-state index contributed by atoms with van der Waals surface area (Å²) in [4.78, 5) is 11.9. The van der Waals surface area contributed by atoms with E-state index in [4.69, 9.17) is 4.74 Å². The minimum atomic E-state index is -0.413. The molecule has 0 aromatic heterocycles. The molecule has 1 aromatic rings. The fourth-order valence-electron chi connectivity index (χ4n) is 2.09. The van der Waals surface area contributed by atoms with Crippen molar-refractivity contribution in [2.45, 2.75) is 25.5 Å². The molecule has 1 aromatic carbocycles. The van der Waals surface area contributed by atoms with Crippen LogP contribution in [0.25, 0.3) is 0 Å². The van der Waals surface area contributed by atoms with Crippen LogP contribution in [0, 0.1) is 5.82 Å². The summed E-state index contributed by atoms with van der Waals surface area (Å²) in [5.41, 5.74) is 0.997. The second kappa shape index (κ2) is 6.63. The van der Waals surface area contributed by atoms with Gasteiger partial charge in [-0.1, -0.05) is 12.1 Å². The maximum atomic E-state index is 12.8. The number of benzene rings is 1. The predicted molar refractivity (Wildman–Crippen MR) is 70.3 cm³/mol. The van der Waals surface area contributed by atoms with Crippen LogP contribution in [0.1, 0.15) is 12.5 Å². The third-order valence-electron chi connectivity index (χ3n) is 3.06. The summed E-state index contributed by atoms with van der Waals surface area (Å²) in [6, 6.07) is 6.31. The lowest BCUT2D eigenvalue weighted by Crippen LogP contribution is -2.50. The van der Waals surface area contributed by atoms with E-state index in [1.165, 1.54) is 12.1 Å². The molecule has 104 valence electrons. The van der Waals surface area contributed by atoms with Gasteiger partial charge in [0.1, 0.15) is 11.9 Å². The number of hydrogen-bond acceptors (Lipinski definition) is 3. The van der Waals surface area contributed by atoms with E-state index in [0.29, 0.717) is 19.6 Å². The lowest BCUT2D eigenvalue weighted by Gasteiger charge is -2.24. The number of amides is 1. The first kappa shape index (κ1) is 14.0. The third-order valence-corrected chi connectivity index (χ3v) is 3.06. The Morgan fingerprint density at radius 1 is 1.53 bits per heavy atom. The summed E-state index contributed by atoms with van der Waals surface area (Å²) in [5, 5.41) is 6.03. The van der Waals surface area contributed by atoms with Crippen molar-refractivity contribution in [3.63, 3.8) is 0 Å². The fourth-order valence-corrected chi connectivity index (χ4v) is 2.09. The van der Waals surface area contributed by atoms with Crippen molar-refractivity contribution in [1.29, 1.82) is 0 Å². The summed E-state index contributed by atoms with van der Waals surface area (Å²) in [6.07, 6.45) is 0.260. The highest BCUT2D eigenvalue weighted by Crippen LogP contribution is 2.06. The molecular weight excluding hydrogens is 247 g/mol. The van der Waals surface area contributed by atoms with Crippen LogP contribution in [0.5, 0.6) is 0 Å². The van der Waals surface area contributed by atoms with Crippen molar-refractivity contribution in [3.05, 3.63) is 35.6 Å². The first-order chi connectivity index (χ1) is 9.15. The van der Waals surface area contributed by atoms with Crippen molar-refractivity contribution in [3.8, 4) is 0 Å². The number of halogens is 1. The number of hydrogen-bond donors (Lipinski definition) is 2. The molecule has 1 saturated heterocycles. The summed E-state index contributed by atoms with van der Waals surface area (Å²) >= 11 is 0. The van der Waals surface area contributed by atoms with Crippen LogP contribution >= 0.6 is 0 Å². The molecule has 2 rings (SSSR count). The zero-order valence-corrected chi connectivity index (χ0v) is 11.0. The third kappa shape index (κ3) is 4.29. The highest BCUT2D eigenvalue weighted by Gasteiger charge is 2.22. The fraction of sp³-hybridized carbons (Fsp3) is 0.500. The van der Waals surface area contributed by atoms with Gasteiger partial charge in [-0.15, -0.1) is 0 Å². The molecule has 0 spiro atoms. The molecule has 0 radical (unpaired) electrons. The van der Waals surface area contributed by atoms with Gasteiger partial charge < -0.3 is 15.4 Å². The molecule has 1 heterocycles. The van der Waals surface area contributed by atoms with Crippen LogP contribution in [-0.4, -0.2) is 37.7 Å². The van der Waals surface area contributed by atoms with E-state index in [9.17, 15) is 9.18 Å². The molecule has 0 aliphatic carbocycles. The van der Waals surface area contributed by atoms with Crippen LogP contribution in [0.4, 0.5) is 4.39 Å². The van der Waals surface area contributed by atoms with Gasteiger partial charge in [-0.3, -0.25) is 4.79 Å². The minimum Gasteiger partial charge on any atom is -0.366 e. The Kier molecular flexibility index (Phi) is 4.87. The Morgan fingerprint density at radius 3 is 2.89 bits per heavy atom. The monoisotopic (exact) mass is 266 g/mol. The van der Waals surface area contributed by atoms with Gasteiger partial charge in [0.05, 0.1) is 6.61 Å². The highest BCUT2D eigenvalue weighted by molar-refractivity contribution is 5.81. The Balaban J connectivity index is 1.81. The summed E-state index contributed by atoms with van der Waals surface area (Å²) in [5.74, 6) is -0.344. The maximum absolute atomic E-state index is 12.8. The molecule has 19 heavy (non-hydrogen) atoms. The Hall–Kier alpha value is -1.46. The van der Waals surface area contributed by atoms with E-state index < -0.39 is 6.10 Å². The normalized spacial score (nSPS) is 20.8. The standard InChI is InChI=1S/C14H19FN2O2/c1-10(8-11-2-4-12(15)5-3-11)17-14(18)13-9-16-6-7-19-13/h2-5,10,13,16H,6-9H2,1H3,(H,17,18). The molecule has 4 nitrogen and oxygen atoms in total. The largest absolute Gasteiger partial charge is 0.366 e.